The lowest BCUT2D eigenvalue weighted by Gasteiger charge is -2.35. The summed E-state index contributed by atoms with van der Waals surface area (Å²) in [7, 11) is -5.73. The lowest BCUT2D eigenvalue weighted by atomic mass is 10.2. The number of aliphatic carboxylic acids is 1. The van der Waals surface area contributed by atoms with Gasteiger partial charge in [0.25, 0.3) is 0 Å². The SMILES string of the molecule is CC(C)(C)OC(=O)CBr.CC(C)(C)OC(=O)CN1CCN(c2cc(Nc3ncc(C#N)s3)ncn2)CC1.ClCCl.N#Cc1cnc(Nc2cc(N3CCN(CC(=O)NC4CCS(=O)(=O)C4)CC3)ncn2)s1.N#Cc1cnc(Nc2cc(N3CCN(CC(=O)O)CC3)ncn2)s1.N#Cc1cnc(Nc2cc(N3CCNCC3)ncn2)s1.NC1CCS(=O)(=O)C1. The molecule has 8 aromatic rings. The summed E-state index contributed by atoms with van der Waals surface area (Å²) >= 11 is 17.6. The first-order valence-corrected chi connectivity index (χ1v) is 47.2. The molecule has 660 valence electrons. The second kappa shape index (κ2) is 48.8. The zero-order valence-electron chi connectivity index (χ0n) is 68.2. The minimum absolute atomic E-state index is 0.0371. The predicted octanol–water partition coefficient (Wildman–Crippen LogP) is 5.98. The second-order valence-corrected chi connectivity index (χ2v) is 39.2. The zero-order valence-corrected chi connectivity index (χ0v) is 76.1. The van der Waals surface area contributed by atoms with Gasteiger partial charge < -0.3 is 71.8 Å². The number of halogens is 3. The number of nitrogens with two attached hydrogens (primary N) is 1. The number of carbonyl (C=O) groups is 4. The lowest BCUT2D eigenvalue weighted by Crippen LogP contribution is -2.50. The molecule has 123 heavy (non-hydrogen) atoms. The third kappa shape index (κ3) is 35.9. The van der Waals surface area contributed by atoms with Gasteiger partial charge in [-0.05, 0) is 54.4 Å². The van der Waals surface area contributed by atoms with E-state index in [0.29, 0.717) is 135 Å². The zero-order chi connectivity index (χ0) is 89.1. The number of alkyl halides is 3. The Bertz CT molecular complexity index is 5160. The van der Waals surface area contributed by atoms with Gasteiger partial charge in [-0.2, -0.15) is 21.0 Å². The van der Waals surface area contributed by atoms with Crippen LogP contribution in [0.3, 0.4) is 0 Å². The number of piperazine rings is 4. The summed E-state index contributed by atoms with van der Waals surface area (Å²) in [6.07, 6.45) is 13.2. The standard InChI is InChI=1S/C18H22N8O3S2.C18H23N7O2S.C14H15N7O2S.C12H13N7S.C6H11BrO2.C4H9NO2S.CH2Cl2/c19-8-14-9-20-18(30-14)24-15-7-16(22-12-21-15)26-4-2-25(3-5-26)10-17(27)23-13-1-6-31(28,29)11-13;1-18(2,3)27-16(26)11-24-4-6-25(7-5-24)15-8-14(21-12-22-15)23-17-20-10-13(9-19)28-17;15-6-10-7-16-14(24-10)19-11-5-12(18-9-17-11)21-3-1-20(2-4-21)8-13(22)23;13-6-9-7-15-12(20-9)18-10-5-11(17-8-16-10)19-3-1-14-2-4-19;1-6(2,3)9-5(8)4-7;5-4-1-2-8(6,7)3-4;2-1-3/h7,9,12-13H,1-6,10-11H2,(H,23,27)(H,20,21,22,24);8,10,12H,4-7,11H2,1-3H3,(H,20,21,22,23);5,7,9H,1-4,8H2,(H,22,23)(H,16,17,18,19);5,7-8,14H,1-4H2,(H,15,16,17,18);4H2,1-3H3;4H,1-3,5H2;1H2. The molecule has 14 rings (SSSR count). The van der Waals surface area contributed by atoms with Crippen LogP contribution in [0.4, 0.5) is 67.1 Å². The molecule has 0 aliphatic carbocycles. The molecule has 0 radical (unpaired) electrons. The number of nitrogens with one attached hydrogen (secondary N) is 6. The summed E-state index contributed by atoms with van der Waals surface area (Å²) in [6.45, 7) is 24.2. The number of carboxylic acids is 1. The molecule has 41 nitrogen and oxygen atoms in total. The van der Waals surface area contributed by atoms with Gasteiger partial charge in [0.1, 0.15) is 132 Å². The first kappa shape index (κ1) is 98.3. The van der Waals surface area contributed by atoms with E-state index in [4.69, 9.17) is 64.6 Å². The van der Waals surface area contributed by atoms with Gasteiger partial charge in [0.15, 0.2) is 40.2 Å². The highest BCUT2D eigenvalue weighted by Gasteiger charge is 2.31. The van der Waals surface area contributed by atoms with Crippen LogP contribution in [0.25, 0.3) is 0 Å². The number of carbonyl (C=O) groups excluding carboxylic acids is 3. The van der Waals surface area contributed by atoms with Gasteiger partial charge in [-0.1, -0.05) is 61.3 Å². The van der Waals surface area contributed by atoms with Gasteiger partial charge >= 0.3 is 17.9 Å². The van der Waals surface area contributed by atoms with Crippen molar-refractivity contribution in [2.45, 2.75) is 77.7 Å². The van der Waals surface area contributed by atoms with Crippen molar-refractivity contribution in [3.05, 3.63) is 93.9 Å². The summed E-state index contributed by atoms with van der Waals surface area (Å²) in [6, 6.07) is 15.3. The molecule has 1 amide bonds. The van der Waals surface area contributed by atoms with Crippen LogP contribution in [0.2, 0.25) is 0 Å². The third-order valence-electron chi connectivity index (χ3n) is 17.4. The van der Waals surface area contributed by atoms with E-state index in [1.54, 1.807) is 12.5 Å². The maximum absolute atomic E-state index is 12.3. The van der Waals surface area contributed by atoms with E-state index in [2.05, 4.69) is 155 Å². The maximum Gasteiger partial charge on any atom is 0.320 e. The summed E-state index contributed by atoms with van der Waals surface area (Å²) in [5.41, 5.74) is 4.51. The average molecular weight is 1910 g/mol. The van der Waals surface area contributed by atoms with Crippen molar-refractivity contribution >= 4 is 195 Å². The van der Waals surface area contributed by atoms with Crippen LogP contribution in [-0.2, 0) is 48.3 Å². The number of nitrogens with zero attached hydrogens (tertiary/aromatic N) is 23. The summed E-state index contributed by atoms with van der Waals surface area (Å²) in [5, 5.41) is 65.7. The number of aromatic nitrogens is 12. The van der Waals surface area contributed by atoms with Crippen molar-refractivity contribution < 1.29 is 50.6 Å². The highest BCUT2D eigenvalue weighted by atomic mass is 79.9. The fraction of sp³-hybridized carbons (Fsp3) is 0.507. The Kier molecular flexibility index (Phi) is 39.0. The molecule has 0 spiro atoms. The summed E-state index contributed by atoms with van der Waals surface area (Å²) in [5.74, 6) is 5.07. The maximum atomic E-state index is 12.3. The van der Waals surface area contributed by atoms with Gasteiger partial charge in [0.05, 0.1) is 72.8 Å². The van der Waals surface area contributed by atoms with Crippen LogP contribution in [-0.4, -0.2) is 302 Å². The van der Waals surface area contributed by atoms with Crippen LogP contribution in [0.5, 0.6) is 0 Å². The normalized spacial score (nSPS) is 17.3. The van der Waals surface area contributed by atoms with Gasteiger partial charge in [-0.3, -0.25) is 33.9 Å². The van der Waals surface area contributed by atoms with Gasteiger partial charge in [0.2, 0.25) is 5.91 Å². The molecule has 50 heteroatoms. The fourth-order valence-electron chi connectivity index (χ4n) is 12.0. The molecule has 0 bridgehead atoms. The quantitative estimate of drug-likeness (QED) is 0.0321. The Hall–Kier alpha value is -10.2. The number of esters is 2. The molecule has 2 atom stereocenters. The molecule has 6 saturated heterocycles. The number of sulfone groups is 2. The highest BCUT2D eigenvalue weighted by molar-refractivity contribution is 9.09. The van der Waals surface area contributed by atoms with Crippen molar-refractivity contribution in [1.82, 2.24) is 85.1 Å². The van der Waals surface area contributed by atoms with E-state index in [-0.39, 0.29) is 82.3 Å². The van der Waals surface area contributed by atoms with E-state index in [1.807, 2.05) is 76.8 Å². The van der Waals surface area contributed by atoms with E-state index < -0.39 is 31.2 Å². The molecule has 9 N–H and O–H groups in total. The van der Waals surface area contributed by atoms with E-state index in [9.17, 15) is 36.0 Å². The smallest absolute Gasteiger partial charge is 0.320 e. The first-order chi connectivity index (χ1) is 58.7. The number of thiazole rings is 4. The summed E-state index contributed by atoms with van der Waals surface area (Å²) in [4.78, 5) is 113. The van der Waals surface area contributed by atoms with Crippen molar-refractivity contribution in [2.75, 3.05) is 199 Å². The topological polar surface area (TPSA) is 546 Å². The lowest BCUT2D eigenvalue weighted by molar-refractivity contribution is -0.156. The summed E-state index contributed by atoms with van der Waals surface area (Å²) < 4.78 is 54.5. The molecule has 14 heterocycles. The minimum atomic E-state index is -3.01. The van der Waals surface area contributed by atoms with Crippen molar-refractivity contribution in [2.24, 2.45) is 5.73 Å². The molecule has 6 fully saturated rings. The first-order valence-electron chi connectivity index (χ1n) is 38.1. The van der Waals surface area contributed by atoms with E-state index >= 15 is 0 Å². The molecule has 6 aliphatic heterocycles. The Labute approximate surface area is 746 Å². The largest absolute Gasteiger partial charge is 0.480 e. The van der Waals surface area contributed by atoms with E-state index in [0.717, 1.165) is 75.6 Å². The Morgan fingerprint density at radius 3 is 1.08 bits per heavy atom. The molecule has 6 aliphatic rings. The number of nitriles is 4. The molecular formula is C73H95BrCl2N30O11S6. The second-order valence-electron chi connectivity index (χ2n) is 29.3. The van der Waals surface area contributed by atoms with Crippen LogP contribution >= 0.6 is 84.5 Å². The highest BCUT2D eigenvalue weighted by Crippen LogP contribution is 2.29. The molecular weight excluding hydrogens is 1820 g/mol. The number of hydrogen-bond acceptors (Lipinski definition) is 43. The number of rotatable bonds is 20. The Morgan fingerprint density at radius 1 is 0.496 bits per heavy atom. The number of carboxylic acid groups (broad SMARTS) is 1. The van der Waals surface area contributed by atoms with Crippen molar-refractivity contribution in [1.29, 1.82) is 21.0 Å². The van der Waals surface area contributed by atoms with Crippen LogP contribution < -0.4 is 57.2 Å². The number of ether oxygens (including phenoxy) is 2. The van der Waals surface area contributed by atoms with Crippen molar-refractivity contribution in [3.63, 3.8) is 0 Å². The molecule has 0 saturated carbocycles. The van der Waals surface area contributed by atoms with Crippen LogP contribution in [0, 0.1) is 45.3 Å². The van der Waals surface area contributed by atoms with Crippen molar-refractivity contribution in [3.8, 4) is 24.3 Å². The average Bonchev–Trinajstić information content (AvgIpc) is 1.82. The van der Waals surface area contributed by atoms with Crippen LogP contribution in [0.1, 0.15) is 73.9 Å². The number of hydrogen-bond donors (Lipinski definition) is 8. The number of anilines is 12. The van der Waals surface area contributed by atoms with Gasteiger partial charge in [0, 0.05) is 141 Å². The molecule has 0 aromatic carbocycles. The predicted molar refractivity (Wildman–Crippen MR) is 476 cm³/mol. The third-order valence-corrected chi connectivity index (χ3v) is 24.7. The monoisotopic (exact) mass is 1910 g/mol. The van der Waals surface area contributed by atoms with Crippen LogP contribution in [0.15, 0.2) is 74.4 Å². The molecule has 8 aromatic heterocycles. The fourth-order valence-corrected chi connectivity index (χ4v) is 17.9. The molecule has 2 unspecified atom stereocenters. The minimum Gasteiger partial charge on any atom is -0.480 e. The van der Waals surface area contributed by atoms with Gasteiger partial charge in [-0.15, -0.1) is 23.2 Å². The van der Waals surface area contributed by atoms with E-state index in [1.165, 1.54) is 82.9 Å². The Balaban J connectivity index is 0.000000190. The Morgan fingerprint density at radius 2 is 0.813 bits per heavy atom. The van der Waals surface area contributed by atoms with Gasteiger partial charge in [-0.25, -0.2) is 76.6 Å². The number of amides is 1.